The van der Waals surface area contributed by atoms with Crippen LogP contribution in [0.2, 0.25) is 0 Å². The zero-order chi connectivity index (χ0) is 25.7. The van der Waals surface area contributed by atoms with Crippen LogP contribution in [0.3, 0.4) is 0 Å². The Labute approximate surface area is 212 Å². The summed E-state index contributed by atoms with van der Waals surface area (Å²) in [7, 11) is 1.54. The van der Waals surface area contributed by atoms with Crippen LogP contribution >= 0.6 is 0 Å². The van der Waals surface area contributed by atoms with Crippen molar-refractivity contribution in [3.8, 4) is 17.2 Å². The number of carbonyl (C=O) groups excluding carboxylic acids is 2. The van der Waals surface area contributed by atoms with E-state index in [1.54, 1.807) is 37.3 Å². The first-order valence-corrected chi connectivity index (χ1v) is 11.9. The Kier molecular flexibility index (Phi) is 5.34. The van der Waals surface area contributed by atoms with Gasteiger partial charge in [-0.1, -0.05) is 30.3 Å². The standard InChI is InChI=1S/C30H23NO6/c1-4-31-16-19(20-9-5-6-10-22(20)31)15-25-27(32)21-12-13-23(17(2)28(21)35-25)37-30(33)26-14-18-8-7-11-24(34-3)29(18)36-26/h5-16H,4H2,1-3H3/b25-15-. The number of aryl methyl sites for hydroxylation is 1. The highest BCUT2D eigenvalue weighted by molar-refractivity contribution is 6.15. The summed E-state index contributed by atoms with van der Waals surface area (Å²) in [6.07, 6.45) is 3.78. The zero-order valence-electron chi connectivity index (χ0n) is 20.5. The highest BCUT2D eigenvalue weighted by Crippen LogP contribution is 2.40. The normalized spacial score (nSPS) is 13.8. The summed E-state index contributed by atoms with van der Waals surface area (Å²) >= 11 is 0. The molecule has 37 heavy (non-hydrogen) atoms. The number of methoxy groups -OCH3 is 1. The Balaban J connectivity index is 1.30. The molecule has 0 aliphatic carbocycles. The van der Waals surface area contributed by atoms with E-state index in [2.05, 4.69) is 17.6 Å². The number of rotatable bonds is 5. The fraction of sp³-hybridized carbons (Fsp3) is 0.133. The van der Waals surface area contributed by atoms with Crippen LogP contribution in [-0.2, 0) is 6.54 Å². The van der Waals surface area contributed by atoms with E-state index in [0.717, 1.165) is 28.4 Å². The van der Waals surface area contributed by atoms with Crippen molar-refractivity contribution in [3.05, 3.63) is 95.1 Å². The lowest BCUT2D eigenvalue weighted by molar-refractivity contribution is 0.0702. The fourth-order valence-corrected chi connectivity index (χ4v) is 4.72. The molecule has 2 aromatic heterocycles. The van der Waals surface area contributed by atoms with Crippen LogP contribution in [0.5, 0.6) is 17.2 Å². The number of para-hydroxylation sites is 2. The Bertz CT molecular complexity index is 1750. The van der Waals surface area contributed by atoms with Crippen LogP contribution in [0, 0.1) is 6.92 Å². The molecule has 0 radical (unpaired) electrons. The Morgan fingerprint density at radius 3 is 2.70 bits per heavy atom. The minimum Gasteiger partial charge on any atom is -0.493 e. The number of Topliss-reactive ketones (excluding diaryl/α,β-unsaturated/α-hetero) is 1. The van der Waals surface area contributed by atoms with Crippen LogP contribution < -0.4 is 14.2 Å². The molecule has 0 amide bonds. The number of furan rings is 1. The van der Waals surface area contributed by atoms with Crippen molar-refractivity contribution >= 4 is 39.7 Å². The van der Waals surface area contributed by atoms with Crippen molar-refractivity contribution in [2.24, 2.45) is 0 Å². The SMILES string of the molecule is CCn1cc(/C=C2\Oc3c(ccc(OC(=O)c4cc5cccc(OC)c5o4)c3C)C2=O)c2ccccc21. The number of aromatic nitrogens is 1. The number of fused-ring (bicyclic) bond motifs is 3. The predicted octanol–water partition coefficient (Wildman–Crippen LogP) is 6.56. The maximum atomic E-state index is 13.1. The number of ether oxygens (including phenoxy) is 3. The first-order valence-electron chi connectivity index (χ1n) is 11.9. The first-order chi connectivity index (χ1) is 18.0. The second-order valence-electron chi connectivity index (χ2n) is 8.77. The van der Waals surface area contributed by atoms with Gasteiger partial charge < -0.3 is 23.2 Å². The molecule has 0 saturated carbocycles. The monoisotopic (exact) mass is 493 g/mol. The molecular weight excluding hydrogens is 470 g/mol. The number of ketones is 1. The van der Waals surface area contributed by atoms with Gasteiger partial charge in [0.2, 0.25) is 11.5 Å². The largest absolute Gasteiger partial charge is 0.493 e. The van der Waals surface area contributed by atoms with E-state index in [4.69, 9.17) is 18.6 Å². The molecule has 5 aromatic rings. The number of esters is 1. The van der Waals surface area contributed by atoms with Gasteiger partial charge in [0, 0.05) is 40.2 Å². The van der Waals surface area contributed by atoms with Gasteiger partial charge >= 0.3 is 5.97 Å². The summed E-state index contributed by atoms with van der Waals surface area (Å²) in [4.78, 5) is 26.0. The van der Waals surface area contributed by atoms with Gasteiger partial charge in [0.1, 0.15) is 11.5 Å². The van der Waals surface area contributed by atoms with Crippen molar-refractivity contribution in [2.75, 3.05) is 7.11 Å². The number of carbonyl (C=O) groups is 2. The van der Waals surface area contributed by atoms with E-state index in [1.807, 2.05) is 36.5 Å². The summed E-state index contributed by atoms with van der Waals surface area (Å²) < 4.78 is 24.8. The van der Waals surface area contributed by atoms with Gasteiger partial charge in [-0.3, -0.25) is 4.79 Å². The molecule has 0 fully saturated rings. The molecule has 0 saturated heterocycles. The molecule has 6 rings (SSSR count). The van der Waals surface area contributed by atoms with E-state index in [0.29, 0.717) is 28.2 Å². The first kappa shape index (κ1) is 22.7. The molecule has 3 aromatic carbocycles. The fourth-order valence-electron chi connectivity index (χ4n) is 4.72. The number of hydrogen-bond acceptors (Lipinski definition) is 6. The number of benzene rings is 3. The molecule has 1 aliphatic rings. The molecule has 3 heterocycles. The topological polar surface area (TPSA) is 79.9 Å². The summed E-state index contributed by atoms with van der Waals surface area (Å²) in [6, 6.07) is 18.3. The highest BCUT2D eigenvalue weighted by atomic mass is 16.6. The second kappa shape index (κ2) is 8.71. The second-order valence-corrected chi connectivity index (χ2v) is 8.77. The molecular formula is C30H23NO6. The summed E-state index contributed by atoms with van der Waals surface area (Å²) in [6.45, 7) is 4.64. The van der Waals surface area contributed by atoms with Crippen molar-refractivity contribution < 1.29 is 28.2 Å². The quantitative estimate of drug-likeness (QED) is 0.157. The van der Waals surface area contributed by atoms with Gasteiger partial charge in [0.25, 0.3) is 0 Å². The van der Waals surface area contributed by atoms with E-state index >= 15 is 0 Å². The Hall–Kier alpha value is -4.78. The number of allylic oxidation sites excluding steroid dienone is 1. The van der Waals surface area contributed by atoms with Gasteiger partial charge in [-0.05, 0) is 50.3 Å². The van der Waals surface area contributed by atoms with Crippen LogP contribution in [0.25, 0.3) is 27.9 Å². The molecule has 0 N–H and O–H groups in total. The van der Waals surface area contributed by atoms with Crippen molar-refractivity contribution in [1.82, 2.24) is 4.57 Å². The summed E-state index contributed by atoms with van der Waals surface area (Å²) in [5, 5.41) is 1.77. The maximum Gasteiger partial charge on any atom is 0.379 e. The lowest BCUT2D eigenvalue weighted by Crippen LogP contribution is -2.08. The van der Waals surface area contributed by atoms with Gasteiger partial charge in [-0.15, -0.1) is 0 Å². The van der Waals surface area contributed by atoms with Crippen LogP contribution in [0.4, 0.5) is 0 Å². The van der Waals surface area contributed by atoms with Gasteiger partial charge in [-0.2, -0.15) is 0 Å². The van der Waals surface area contributed by atoms with Gasteiger partial charge in [-0.25, -0.2) is 4.79 Å². The minimum absolute atomic E-state index is 0.0456. The molecule has 1 aliphatic heterocycles. The molecule has 0 bridgehead atoms. The number of hydrogen-bond donors (Lipinski definition) is 0. The third-order valence-corrected chi connectivity index (χ3v) is 6.62. The molecule has 0 atom stereocenters. The summed E-state index contributed by atoms with van der Waals surface area (Å²) in [5.41, 5.74) is 3.44. The van der Waals surface area contributed by atoms with Gasteiger partial charge in [0.05, 0.1) is 12.7 Å². The average Bonchev–Trinajstić information content (AvgIpc) is 3.60. The molecule has 7 nitrogen and oxygen atoms in total. The predicted molar refractivity (Wildman–Crippen MR) is 139 cm³/mol. The van der Waals surface area contributed by atoms with E-state index in [9.17, 15) is 9.59 Å². The van der Waals surface area contributed by atoms with Crippen LogP contribution in [0.1, 0.15) is 39.0 Å². The molecule has 7 heteroatoms. The molecule has 184 valence electrons. The Morgan fingerprint density at radius 1 is 1.05 bits per heavy atom. The van der Waals surface area contributed by atoms with Crippen molar-refractivity contribution in [1.29, 1.82) is 0 Å². The van der Waals surface area contributed by atoms with Crippen molar-refractivity contribution in [3.63, 3.8) is 0 Å². The van der Waals surface area contributed by atoms with Crippen molar-refractivity contribution in [2.45, 2.75) is 20.4 Å². The third kappa shape index (κ3) is 3.67. The van der Waals surface area contributed by atoms with E-state index < -0.39 is 5.97 Å². The zero-order valence-corrected chi connectivity index (χ0v) is 20.5. The van der Waals surface area contributed by atoms with Crippen LogP contribution in [-0.4, -0.2) is 23.4 Å². The highest BCUT2D eigenvalue weighted by Gasteiger charge is 2.31. The van der Waals surface area contributed by atoms with Gasteiger partial charge in [0.15, 0.2) is 17.1 Å². The maximum absolute atomic E-state index is 13.1. The smallest absolute Gasteiger partial charge is 0.379 e. The van der Waals surface area contributed by atoms with E-state index in [-0.39, 0.29) is 23.1 Å². The number of nitrogens with zero attached hydrogens (tertiary/aromatic N) is 1. The lowest BCUT2D eigenvalue weighted by atomic mass is 10.1. The summed E-state index contributed by atoms with van der Waals surface area (Å²) in [5.74, 6) is 0.593. The lowest BCUT2D eigenvalue weighted by Gasteiger charge is -2.09. The minimum atomic E-state index is -0.659. The third-order valence-electron chi connectivity index (χ3n) is 6.62. The van der Waals surface area contributed by atoms with Crippen LogP contribution in [0.15, 0.2) is 77.0 Å². The molecule has 0 unspecified atom stereocenters. The van der Waals surface area contributed by atoms with E-state index in [1.165, 1.54) is 7.11 Å². The Morgan fingerprint density at radius 2 is 1.89 bits per heavy atom. The average molecular weight is 494 g/mol. The molecule has 0 spiro atoms.